The third kappa shape index (κ3) is 3.22. The molecule has 173 valence electrons. The van der Waals surface area contributed by atoms with Crippen LogP contribution in [0.2, 0.25) is 0 Å². The number of Topliss-reactive ketones (excluding diaryl/α,β-unsaturated/α-hetero) is 2. The number of fused-ring (bicyclic) bond motifs is 3. The normalized spacial score (nSPS) is 33.8. The molecular weight excluding hydrogens is 512 g/mol. The molecule has 6 N–H and O–H groups in total. The van der Waals surface area contributed by atoms with E-state index in [-0.39, 0.29) is 50.3 Å². The Kier molecular flexibility index (Phi) is 6.38. The number of hydrogen-bond donors (Lipinski definition) is 5. The number of amides is 1. The second kappa shape index (κ2) is 8.27. The van der Waals surface area contributed by atoms with Gasteiger partial charge >= 0.3 is 0 Å². The maximum absolute atomic E-state index is 14.6. The first kappa shape index (κ1) is 25.5. The number of primary amides is 1. The second-order valence-electron chi connectivity index (χ2n) is 8.73. The van der Waals surface area contributed by atoms with E-state index in [2.05, 4.69) is 6.08 Å². The van der Waals surface area contributed by atoms with Gasteiger partial charge in [-0.1, -0.05) is 6.92 Å². The summed E-state index contributed by atoms with van der Waals surface area (Å²) in [6.45, 7) is 1.59. The molecule has 1 amide bonds. The predicted octanol–water partition coefficient (Wildman–Crippen LogP) is 0.601. The number of nitrogens with zero attached hydrogens (tertiary/aromatic N) is 1. The van der Waals surface area contributed by atoms with E-state index in [1.165, 1.54) is 19.0 Å². The van der Waals surface area contributed by atoms with Crippen molar-refractivity contribution in [3.8, 4) is 0 Å². The van der Waals surface area contributed by atoms with Crippen LogP contribution in [0.15, 0.2) is 51.5 Å². The van der Waals surface area contributed by atoms with Crippen molar-refractivity contribution in [2.24, 2.45) is 23.5 Å². The summed E-state index contributed by atoms with van der Waals surface area (Å²) in [6.07, 6.45) is 2.95. The number of nitrogens with two attached hydrogens (primary N) is 1. The predicted molar refractivity (Wildman–Crippen MR) is 107 cm³/mol. The number of allylic oxidation sites excluding steroid dienone is 6. The fourth-order valence-corrected chi connectivity index (χ4v) is 5.51. The van der Waals surface area contributed by atoms with Gasteiger partial charge in [-0.3, -0.25) is 18.9 Å². The van der Waals surface area contributed by atoms with E-state index in [1.807, 2.05) is 0 Å². The zero-order valence-corrected chi connectivity index (χ0v) is 20.9. The van der Waals surface area contributed by atoms with E-state index < -0.39 is 81.1 Å². The first-order valence-corrected chi connectivity index (χ1v) is 9.93. The molecule has 4 rings (SSSR count). The molecule has 0 saturated carbocycles. The van der Waals surface area contributed by atoms with E-state index in [4.69, 9.17) is 5.73 Å². The Hall–Kier alpha value is -2.14. The Morgan fingerprint density at radius 3 is 2.36 bits per heavy atom. The van der Waals surface area contributed by atoms with E-state index in [0.29, 0.717) is 0 Å². The minimum absolute atomic E-state index is 0. The van der Waals surface area contributed by atoms with Gasteiger partial charge in [0.15, 0.2) is 11.4 Å². The van der Waals surface area contributed by atoms with Gasteiger partial charge in [0, 0.05) is 50.0 Å². The summed E-state index contributed by atoms with van der Waals surface area (Å²) in [6, 6.07) is -1.16. The SMILES string of the molecule is CC1C2=C(F)C=[C-]C(=O)C2=C(O)C2=C(O)[C@]3(O)C(O)=C(C(N)=O)C(=O)[C@@H](N(C)C)[C@@H]3C[C@@H]21.[Y]. The summed E-state index contributed by atoms with van der Waals surface area (Å²) >= 11 is 0. The van der Waals surface area contributed by atoms with Crippen LogP contribution in [-0.2, 0) is 47.1 Å². The van der Waals surface area contributed by atoms with Crippen LogP contribution < -0.4 is 5.73 Å². The van der Waals surface area contributed by atoms with Gasteiger partial charge in [-0.05, 0) is 37.9 Å². The molecule has 0 saturated heterocycles. The summed E-state index contributed by atoms with van der Waals surface area (Å²) in [5.74, 6) is -9.18. The van der Waals surface area contributed by atoms with E-state index in [1.54, 1.807) is 6.92 Å². The number of hydrogen-bond acceptors (Lipinski definition) is 8. The molecule has 0 aliphatic heterocycles. The molecule has 1 radical (unpaired) electrons. The van der Waals surface area contributed by atoms with Crippen LogP contribution in [0.25, 0.3) is 0 Å². The minimum Gasteiger partial charge on any atom is -0.520 e. The Morgan fingerprint density at radius 2 is 1.82 bits per heavy atom. The van der Waals surface area contributed by atoms with Gasteiger partial charge in [-0.25, -0.2) is 0 Å². The number of likely N-dealkylation sites (N-methyl/N-ethyl adjacent to an activating group) is 1. The molecule has 0 aromatic carbocycles. The number of aliphatic hydroxyl groups is 4. The molecule has 33 heavy (non-hydrogen) atoms. The third-order valence-corrected chi connectivity index (χ3v) is 6.96. The quantitative estimate of drug-likeness (QED) is 0.254. The van der Waals surface area contributed by atoms with E-state index in [0.717, 1.165) is 6.08 Å². The van der Waals surface area contributed by atoms with Crippen molar-refractivity contribution in [1.82, 2.24) is 4.90 Å². The van der Waals surface area contributed by atoms with Gasteiger partial charge in [0.2, 0.25) is 0 Å². The van der Waals surface area contributed by atoms with Crippen molar-refractivity contribution in [3.63, 3.8) is 0 Å². The zero-order chi connectivity index (χ0) is 23.9. The summed E-state index contributed by atoms with van der Waals surface area (Å²) in [7, 11) is 3.03. The first-order chi connectivity index (χ1) is 14.8. The monoisotopic (exact) mass is 534 g/mol. The molecule has 0 fully saturated rings. The Balaban J connectivity index is 0.00000306. The molecule has 0 aromatic rings. The summed E-state index contributed by atoms with van der Waals surface area (Å²) in [5.41, 5.74) is 1.06. The molecule has 0 heterocycles. The molecular formula is C22H22FN2O7Y-. The van der Waals surface area contributed by atoms with Gasteiger partial charge in [0.25, 0.3) is 5.91 Å². The number of rotatable bonds is 2. The first-order valence-electron chi connectivity index (χ1n) is 9.93. The van der Waals surface area contributed by atoms with Crippen LogP contribution in [0.5, 0.6) is 0 Å². The summed E-state index contributed by atoms with van der Waals surface area (Å²) in [4.78, 5) is 38.7. The Morgan fingerprint density at radius 1 is 1.21 bits per heavy atom. The molecule has 4 aliphatic rings. The topological polar surface area (TPSA) is 161 Å². The molecule has 0 bridgehead atoms. The van der Waals surface area contributed by atoms with E-state index >= 15 is 0 Å². The molecule has 0 spiro atoms. The van der Waals surface area contributed by atoms with Gasteiger partial charge in [-0.15, -0.1) is 17.7 Å². The smallest absolute Gasteiger partial charge is 0.255 e. The Bertz CT molecular complexity index is 1150. The minimum atomic E-state index is -2.63. The number of aliphatic hydroxyl groups excluding tert-OH is 3. The standard InChI is InChI=1S/C22H22FN2O7.Y/c1-7-8-6-9-16(25(2)3)18(28)15(21(24)31)20(30)22(9,32)19(29)13(8)17(27)14-11(26)5-4-10(23)12(7)14;/h4,7-9,16,27,29-30,32H,6H2,1-3H3,(H2,24,31);/q-1;/t7?,8-,9+,16+,22+;/m1./s1. The molecule has 1 unspecified atom stereocenters. The Labute approximate surface area is 213 Å². The molecule has 4 aliphatic carbocycles. The van der Waals surface area contributed by atoms with Crippen molar-refractivity contribution in [3.05, 3.63) is 57.5 Å². The van der Waals surface area contributed by atoms with Crippen molar-refractivity contribution in [1.29, 1.82) is 0 Å². The average molecular weight is 534 g/mol. The van der Waals surface area contributed by atoms with Crippen LogP contribution in [0, 0.1) is 23.8 Å². The fourth-order valence-electron chi connectivity index (χ4n) is 5.51. The second-order valence-corrected chi connectivity index (χ2v) is 8.73. The van der Waals surface area contributed by atoms with Crippen molar-refractivity contribution in [2.45, 2.75) is 25.0 Å². The van der Waals surface area contributed by atoms with Crippen molar-refractivity contribution < 1.29 is 71.9 Å². The number of ketones is 2. The summed E-state index contributed by atoms with van der Waals surface area (Å²) < 4.78 is 14.6. The number of carbonyl (C=O) groups excluding carboxylic acids is 3. The average Bonchev–Trinajstić information content (AvgIpc) is 2.69. The number of carbonyl (C=O) groups is 3. The van der Waals surface area contributed by atoms with Crippen LogP contribution in [-0.4, -0.2) is 68.5 Å². The maximum Gasteiger partial charge on any atom is 0.255 e. The largest absolute Gasteiger partial charge is 0.520 e. The van der Waals surface area contributed by atoms with Gasteiger partial charge in [0.1, 0.15) is 17.1 Å². The van der Waals surface area contributed by atoms with Crippen LogP contribution >= 0.6 is 0 Å². The van der Waals surface area contributed by atoms with Crippen molar-refractivity contribution in [2.75, 3.05) is 14.1 Å². The molecule has 9 nitrogen and oxygen atoms in total. The van der Waals surface area contributed by atoms with Gasteiger partial charge in [0.05, 0.1) is 17.6 Å². The molecule has 0 aromatic heterocycles. The zero-order valence-electron chi connectivity index (χ0n) is 18.1. The molecule has 11 heteroatoms. The van der Waals surface area contributed by atoms with Crippen LogP contribution in [0.4, 0.5) is 4.39 Å². The van der Waals surface area contributed by atoms with Gasteiger partial charge in [-0.2, -0.15) is 0 Å². The number of halogens is 1. The van der Waals surface area contributed by atoms with Crippen LogP contribution in [0.1, 0.15) is 13.3 Å². The van der Waals surface area contributed by atoms with Crippen molar-refractivity contribution >= 4 is 17.5 Å². The third-order valence-electron chi connectivity index (χ3n) is 6.96. The van der Waals surface area contributed by atoms with Gasteiger partial charge < -0.3 is 31.0 Å². The summed E-state index contributed by atoms with van der Waals surface area (Å²) in [5, 5.41) is 44.3. The maximum atomic E-state index is 14.6. The molecule has 5 atom stereocenters. The van der Waals surface area contributed by atoms with Crippen LogP contribution in [0.3, 0.4) is 0 Å². The fraction of sp³-hybridized carbons (Fsp3) is 0.409. The van der Waals surface area contributed by atoms with E-state index in [9.17, 15) is 39.2 Å².